The molecule has 4 rings (SSSR count). The molecule has 1 aromatic heterocycles. The van der Waals surface area contributed by atoms with E-state index in [0.717, 1.165) is 18.4 Å². The van der Waals surface area contributed by atoms with Crippen molar-refractivity contribution in [1.82, 2.24) is 4.98 Å². The number of ketones is 1. The zero-order chi connectivity index (χ0) is 18.4. The summed E-state index contributed by atoms with van der Waals surface area (Å²) < 4.78 is 14.2. The number of aryl methyl sites for hydroxylation is 1. The monoisotopic (exact) mass is 370 g/mol. The number of hydrogen-bond donors (Lipinski definition) is 2. The fourth-order valence-electron chi connectivity index (χ4n) is 3.13. The van der Waals surface area contributed by atoms with Gasteiger partial charge in [0.15, 0.2) is 5.78 Å². The van der Waals surface area contributed by atoms with Gasteiger partial charge in [-0.05, 0) is 50.1 Å². The average molecular weight is 371 g/mol. The Balaban J connectivity index is 1.79. The first kappa shape index (κ1) is 16.8. The van der Waals surface area contributed by atoms with Gasteiger partial charge in [-0.1, -0.05) is 17.7 Å². The highest BCUT2D eigenvalue weighted by atomic mass is 35.5. The second-order valence-electron chi connectivity index (χ2n) is 6.57. The second kappa shape index (κ2) is 6.25. The Morgan fingerprint density at radius 3 is 2.65 bits per heavy atom. The largest absolute Gasteiger partial charge is 0.358 e. The number of H-pyrrole nitrogens is 1. The SMILES string of the molecule is Cc1[nH]c2ccc(NC(=O)C3CC3)cc2c1C(=O)c1c(F)cccc1Cl. The molecule has 4 nitrogen and oxygen atoms in total. The molecular formula is C20H16ClFN2O2. The molecular weight excluding hydrogens is 355 g/mol. The Morgan fingerprint density at radius 1 is 1.19 bits per heavy atom. The topological polar surface area (TPSA) is 62.0 Å². The van der Waals surface area contributed by atoms with Crippen LogP contribution >= 0.6 is 11.6 Å². The van der Waals surface area contributed by atoms with E-state index < -0.39 is 11.6 Å². The van der Waals surface area contributed by atoms with Crippen LogP contribution in [-0.4, -0.2) is 16.7 Å². The number of rotatable bonds is 4. The van der Waals surface area contributed by atoms with Crippen LogP contribution in [0.1, 0.15) is 34.5 Å². The van der Waals surface area contributed by atoms with Gasteiger partial charge in [-0.2, -0.15) is 0 Å². The molecule has 1 heterocycles. The van der Waals surface area contributed by atoms with Crippen molar-refractivity contribution in [2.24, 2.45) is 5.92 Å². The molecule has 1 aliphatic rings. The summed E-state index contributed by atoms with van der Waals surface area (Å²) in [5.74, 6) is -1.07. The molecule has 0 spiro atoms. The molecule has 1 amide bonds. The highest BCUT2D eigenvalue weighted by molar-refractivity contribution is 6.35. The molecule has 0 aliphatic heterocycles. The number of halogens is 2. The number of aromatic nitrogens is 1. The fourth-order valence-corrected chi connectivity index (χ4v) is 3.38. The van der Waals surface area contributed by atoms with Crippen LogP contribution in [0.15, 0.2) is 36.4 Å². The van der Waals surface area contributed by atoms with Crippen molar-refractivity contribution >= 4 is 39.9 Å². The van der Waals surface area contributed by atoms with Crippen LogP contribution in [0.5, 0.6) is 0 Å². The third-order valence-corrected chi connectivity index (χ3v) is 4.93. The molecule has 0 saturated heterocycles. The molecule has 1 aliphatic carbocycles. The van der Waals surface area contributed by atoms with E-state index >= 15 is 0 Å². The van der Waals surface area contributed by atoms with E-state index in [-0.39, 0.29) is 22.4 Å². The van der Waals surface area contributed by atoms with E-state index in [9.17, 15) is 14.0 Å². The van der Waals surface area contributed by atoms with Gasteiger partial charge in [0.1, 0.15) is 5.82 Å². The minimum absolute atomic E-state index is 0.0124. The smallest absolute Gasteiger partial charge is 0.227 e. The lowest BCUT2D eigenvalue weighted by atomic mass is 9.99. The number of amides is 1. The maximum absolute atomic E-state index is 14.2. The van der Waals surface area contributed by atoms with Gasteiger partial charge in [0.25, 0.3) is 0 Å². The van der Waals surface area contributed by atoms with Crippen molar-refractivity contribution in [2.75, 3.05) is 5.32 Å². The first-order valence-corrected chi connectivity index (χ1v) is 8.75. The molecule has 1 saturated carbocycles. The standard InChI is InChI=1S/C20H16ClFN2O2/c1-10-17(19(25)18-14(21)3-2-4-15(18)22)13-9-12(7-8-16(13)23-10)24-20(26)11-5-6-11/h2-4,7-9,11,23H,5-6H2,1H3,(H,24,26). The summed E-state index contributed by atoms with van der Waals surface area (Å²) in [6, 6.07) is 9.48. The summed E-state index contributed by atoms with van der Waals surface area (Å²) in [7, 11) is 0. The minimum atomic E-state index is -0.658. The molecule has 0 radical (unpaired) electrons. The molecule has 132 valence electrons. The van der Waals surface area contributed by atoms with Crippen molar-refractivity contribution in [2.45, 2.75) is 19.8 Å². The van der Waals surface area contributed by atoms with E-state index in [1.54, 1.807) is 25.1 Å². The van der Waals surface area contributed by atoms with Crippen LogP contribution in [0.25, 0.3) is 10.9 Å². The third kappa shape index (κ3) is 2.88. The van der Waals surface area contributed by atoms with Crippen molar-refractivity contribution in [3.63, 3.8) is 0 Å². The lowest BCUT2D eigenvalue weighted by Gasteiger charge is -2.07. The summed E-state index contributed by atoms with van der Waals surface area (Å²) >= 11 is 6.06. The van der Waals surface area contributed by atoms with Crippen molar-refractivity contribution < 1.29 is 14.0 Å². The average Bonchev–Trinajstić information content (AvgIpc) is 3.37. The van der Waals surface area contributed by atoms with Crippen molar-refractivity contribution in [3.8, 4) is 0 Å². The van der Waals surface area contributed by atoms with Crippen LogP contribution in [0.4, 0.5) is 10.1 Å². The maximum Gasteiger partial charge on any atom is 0.227 e. The van der Waals surface area contributed by atoms with Gasteiger partial charge < -0.3 is 10.3 Å². The third-order valence-electron chi connectivity index (χ3n) is 4.62. The lowest BCUT2D eigenvalue weighted by Crippen LogP contribution is -2.13. The Morgan fingerprint density at radius 2 is 1.96 bits per heavy atom. The van der Waals surface area contributed by atoms with Gasteiger partial charge in [0.2, 0.25) is 5.91 Å². The Bertz CT molecular complexity index is 1030. The molecule has 2 aromatic carbocycles. The van der Waals surface area contributed by atoms with Crippen molar-refractivity contribution in [3.05, 3.63) is 64.1 Å². The van der Waals surface area contributed by atoms with E-state index in [1.165, 1.54) is 18.2 Å². The normalized spacial score (nSPS) is 13.8. The Kier molecular flexibility index (Phi) is 4.04. The number of nitrogens with one attached hydrogen (secondary N) is 2. The lowest BCUT2D eigenvalue weighted by molar-refractivity contribution is -0.117. The van der Waals surface area contributed by atoms with E-state index in [0.29, 0.717) is 22.3 Å². The van der Waals surface area contributed by atoms with Gasteiger partial charge >= 0.3 is 0 Å². The number of aromatic amines is 1. The first-order valence-electron chi connectivity index (χ1n) is 8.37. The predicted octanol–water partition coefficient (Wildman–Crippen LogP) is 4.85. The zero-order valence-electron chi connectivity index (χ0n) is 14.0. The predicted molar refractivity (Wildman–Crippen MR) is 99.2 cm³/mol. The number of fused-ring (bicyclic) bond motifs is 1. The fraction of sp³-hybridized carbons (Fsp3) is 0.200. The van der Waals surface area contributed by atoms with Gasteiger partial charge in [-0.25, -0.2) is 4.39 Å². The molecule has 0 bridgehead atoms. The summed E-state index contributed by atoms with van der Waals surface area (Å²) in [5.41, 5.74) is 2.18. The van der Waals surface area contributed by atoms with Gasteiger partial charge in [-0.15, -0.1) is 0 Å². The van der Waals surface area contributed by atoms with Gasteiger partial charge in [0.05, 0.1) is 16.1 Å². The number of carbonyl (C=O) groups is 2. The molecule has 6 heteroatoms. The maximum atomic E-state index is 14.2. The van der Waals surface area contributed by atoms with E-state index in [4.69, 9.17) is 11.6 Å². The number of benzene rings is 2. The van der Waals surface area contributed by atoms with E-state index in [2.05, 4.69) is 10.3 Å². The van der Waals surface area contributed by atoms with E-state index in [1.807, 2.05) is 0 Å². The summed E-state index contributed by atoms with van der Waals surface area (Å²) in [6.07, 6.45) is 1.82. The molecule has 0 atom stereocenters. The quantitative estimate of drug-likeness (QED) is 0.645. The second-order valence-corrected chi connectivity index (χ2v) is 6.98. The molecule has 3 aromatic rings. The van der Waals surface area contributed by atoms with Crippen LogP contribution in [0.3, 0.4) is 0 Å². The number of carbonyl (C=O) groups excluding carboxylic acids is 2. The minimum Gasteiger partial charge on any atom is -0.358 e. The van der Waals surface area contributed by atoms with Crippen molar-refractivity contribution in [1.29, 1.82) is 0 Å². The highest BCUT2D eigenvalue weighted by Gasteiger charge is 2.30. The zero-order valence-corrected chi connectivity index (χ0v) is 14.8. The van der Waals surface area contributed by atoms with Crippen LogP contribution < -0.4 is 5.32 Å². The van der Waals surface area contributed by atoms with Crippen LogP contribution in [0, 0.1) is 18.7 Å². The number of anilines is 1. The summed E-state index contributed by atoms with van der Waals surface area (Å²) in [6.45, 7) is 1.75. The number of hydrogen-bond acceptors (Lipinski definition) is 2. The molecule has 2 N–H and O–H groups in total. The van der Waals surface area contributed by atoms with Crippen LogP contribution in [0.2, 0.25) is 5.02 Å². The summed E-state index contributed by atoms with van der Waals surface area (Å²) in [5, 5.41) is 3.57. The molecule has 26 heavy (non-hydrogen) atoms. The molecule has 1 fully saturated rings. The van der Waals surface area contributed by atoms with Gasteiger partial charge in [-0.3, -0.25) is 9.59 Å². The molecule has 0 unspecified atom stereocenters. The Labute approximate surface area is 154 Å². The van der Waals surface area contributed by atoms with Gasteiger partial charge in [0, 0.05) is 28.2 Å². The Hall–Kier alpha value is -2.66. The summed E-state index contributed by atoms with van der Waals surface area (Å²) in [4.78, 5) is 28.1. The first-order chi connectivity index (χ1) is 12.5. The highest BCUT2D eigenvalue weighted by Crippen LogP contribution is 2.33. The van der Waals surface area contributed by atoms with Crippen LogP contribution in [-0.2, 0) is 4.79 Å².